The highest BCUT2D eigenvalue weighted by Crippen LogP contribution is 2.15. The molecule has 0 radical (unpaired) electrons. The summed E-state index contributed by atoms with van der Waals surface area (Å²) < 4.78 is 0. The maximum absolute atomic E-state index is 3.69. The van der Waals surface area contributed by atoms with Crippen LogP contribution in [0.25, 0.3) is 0 Å². The lowest BCUT2D eigenvalue weighted by atomic mass is 10.0. The van der Waals surface area contributed by atoms with E-state index in [0.29, 0.717) is 6.04 Å². The third kappa shape index (κ3) is 5.62. The molecule has 0 bridgehead atoms. The van der Waals surface area contributed by atoms with Crippen LogP contribution in [0.2, 0.25) is 0 Å². The highest BCUT2D eigenvalue weighted by Gasteiger charge is 2.23. The molecule has 1 heterocycles. The van der Waals surface area contributed by atoms with Crippen LogP contribution in [0.1, 0.15) is 40.5 Å². The minimum Gasteiger partial charge on any atom is -0.312 e. The van der Waals surface area contributed by atoms with Gasteiger partial charge in [-0.1, -0.05) is 20.8 Å². The van der Waals surface area contributed by atoms with E-state index >= 15 is 0 Å². The van der Waals surface area contributed by atoms with Gasteiger partial charge in [0.05, 0.1) is 0 Å². The second kappa shape index (κ2) is 8.39. The van der Waals surface area contributed by atoms with Crippen LogP contribution in [0.5, 0.6) is 0 Å². The topological polar surface area (TPSA) is 15.3 Å². The Morgan fingerprint density at radius 2 is 2.12 bits per heavy atom. The monoisotopic (exact) mass is 258 g/mol. The van der Waals surface area contributed by atoms with Crippen LogP contribution < -0.4 is 5.32 Å². The first kappa shape index (κ1) is 15.3. The highest BCUT2D eigenvalue weighted by atomic mass is 32.2. The second-order valence-electron chi connectivity index (χ2n) is 5.49. The summed E-state index contributed by atoms with van der Waals surface area (Å²) >= 11 is 2.07. The fraction of sp³-hybridized carbons (Fsp3) is 1.00. The Kier molecular flexibility index (Phi) is 7.56. The third-order valence-corrected chi connectivity index (χ3v) is 4.70. The molecule has 1 fully saturated rings. The Bertz CT molecular complexity index is 197. The van der Waals surface area contributed by atoms with Gasteiger partial charge in [-0.15, -0.1) is 0 Å². The molecule has 102 valence electrons. The summed E-state index contributed by atoms with van der Waals surface area (Å²) in [6, 6.07) is 1.42. The van der Waals surface area contributed by atoms with Gasteiger partial charge in [0.15, 0.2) is 0 Å². The van der Waals surface area contributed by atoms with Crippen molar-refractivity contribution in [2.45, 2.75) is 52.6 Å². The van der Waals surface area contributed by atoms with E-state index in [-0.39, 0.29) is 0 Å². The van der Waals surface area contributed by atoms with Gasteiger partial charge in [0.1, 0.15) is 0 Å². The van der Waals surface area contributed by atoms with Crippen LogP contribution in [0.3, 0.4) is 0 Å². The number of nitrogens with zero attached hydrogens (tertiary/aromatic N) is 1. The molecule has 2 nitrogen and oxygen atoms in total. The second-order valence-corrected chi connectivity index (χ2v) is 6.88. The predicted molar refractivity (Wildman–Crippen MR) is 79.9 cm³/mol. The van der Waals surface area contributed by atoms with Gasteiger partial charge in [0.2, 0.25) is 0 Å². The first-order chi connectivity index (χ1) is 8.15. The summed E-state index contributed by atoms with van der Waals surface area (Å²) in [5.41, 5.74) is 0. The SMILES string of the molecule is CCSCCC(C)N1CCCNC(C(C)C)C1. The first-order valence-corrected chi connectivity index (χ1v) is 8.35. The quantitative estimate of drug-likeness (QED) is 0.738. The Hall–Kier alpha value is 0.270. The summed E-state index contributed by atoms with van der Waals surface area (Å²) in [6.45, 7) is 13.0. The number of hydrogen-bond acceptors (Lipinski definition) is 3. The van der Waals surface area contributed by atoms with Gasteiger partial charge in [0.25, 0.3) is 0 Å². The largest absolute Gasteiger partial charge is 0.312 e. The van der Waals surface area contributed by atoms with Gasteiger partial charge in [-0.3, -0.25) is 4.90 Å². The molecular weight excluding hydrogens is 228 g/mol. The average molecular weight is 258 g/mol. The van der Waals surface area contributed by atoms with E-state index in [1.165, 1.54) is 44.0 Å². The van der Waals surface area contributed by atoms with Crippen molar-refractivity contribution in [1.29, 1.82) is 0 Å². The van der Waals surface area contributed by atoms with E-state index in [1.807, 2.05) is 0 Å². The van der Waals surface area contributed by atoms with Crippen LogP contribution in [-0.4, -0.2) is 48.1 Å². The summed E-state index contributed by atoms with van der Waals surface area (Å²) in [6.07, 6.45) is 2.64. The number of nitrogens with one attached hydrogen (secondary N) is 1. The van der Waals surface area contributed by atoms with E-state index in [0.717, 1.165) is 12.0 Å². The van der Waals surface area contributed by atoms with Crippen molar-refractivity contribution in [3.05, 3.63) is 0 Å². The highest BCUT2D eigenvalue weighted by molar-refractivity contribution is 7.99. The molecule has 3 heteroatoms. The normalized spacial score (nSPS) is 24.9. The number of rotatable bonds is 6. The average Bonchev–Trinajstić information content (AvgIpc) is 2.54. The van der Waals surface area contributed by atoms with Crippen LogP contribution in [0.4, 0.5) is 0 Å². The predicted octanol–water partition coefficient (Wildman–Crippen LogP) is 2.84. The molecule has 0 aromatic heterocycles. The van der Waals surface area contributed by atoms with E-state index in [9.17, 15) is 0 Å². The lowest BCUT2D eigenvalue weighted by Crippen LogP contribution is -2.44. The summed E-state index contributed by atoms with van der Waals surface area (Å²) in [5.74, 6) is 3.31. The van der Waals surface area contributed by atoms with Crippen LogP contribution in [0.15, 0.2) is 0 Å². The zero-order chi connectivity index (χ0) is 12.7. The molecule has 0 spiro atoms. The summed E-state index contributed by atoms with van der Waals surface area (Å²) in [5, 5.41) is 3.69. The molecular formula is C14H30N2S. The van der Waals surface area contributed by atoms with E-state index < -0.39 is 0 Å². The molecule has 2 unspecified atom stereocenters. The molecule has 1 aliphatic rings. The van der Waals surface area contributed by atoms with Crippen molar-refractivity contribution in [1.82, 2.24) is 10.2 Å². The van der Waals surface area contributed by atoms with Gasteiger partial charge in [-0.05, 0) is 50.3 Å². The molecule has 17 heavy (non-hydrogen) atoms. The Balaban J connectivity index is 2.38. The maximum Gasteiger partial charge on any atom is 0.0218 e. The van der Waals surface area contributed by atoms with Gasteiger partial charge in [-0.25, -0.2) is 0 Å². The molecule has 0 aromatic carbocycles. The van der Waals surface area contributed by atoms with Crippen molar-refractivity contribution >= 4 is 11.8 Å². The number of thioether (sulfide) groups is 1. The molecule has 0 aliphatic carbocycles. The fourth-order valence-electron chi connectivity index (χ4n) is 2.41. The Morgan fingerprint density at radius 3 is 2.76 bits per heavy atom. The molecule has 1 rings (SSSR count). The third-order valence-electron chi connectivity index (χ3n) is 3.77. The minimum absolute atomic E-state index is 0.679. The van der Waals surface area contributed by atoms with Crippen molar-refractivity contribution < 1.29 is 0 Å². The van der Waals surface area contributed by atoms with Crippen molar-refractivity contribution in [3.8, 4) is 0 Å². The molecule has 1 saturated heterocycles. The Labute approximate surface area is 112 Å². The lowest BCUT2D eigenvalue weighted by molar-refractivity contribution is 0.188. The van der Waals surface area contributed by atoms with Crippen LogP contribution >= 0.6 is 11.8 Å². The summed E-state index contributed by atoms with van der Waals surface area (Å²) in [7, 11) is 0. The molecule has 0 saturated carbocycles. The Morgan fingerprint density at radius 1 is 1.35 bits per heavy atom. The van der Waals surface area contributed by atoms with Gasteiger partial charge in [-0.2, -0.15) is 11.8 Å². The minimum atomic E-state index is 0.679. The zero-order valence-corrected chi connectivity index (χ0v) is 12.9. The van der Waals surface area contributed by atoms with Gasteiger partial charge in [0, 0.05) is 18.6 Å². The first-order valence-electron chi connectivity index (χ1n) is 7.20. The molecule has 1 aliphatic heterocycles. The van der Waals surface area contributed by atoms with Crippen LogP contribution in [-0.2, 0) is 0 Å². The molecule has 2 atom stereocenters. The molecule has 1 N–H and O–H groups in total. The van der Waals surface area contributed by atoms with Gasteiger partial charge >= 0.3 is 0 Å². The molecule has 0 amide bonds. The lowest BCUT2D eigenvalue weighted by Gasteiger charge is -2.31. The smallest absolute Gasteiger partial charge is 0.0218 e. The van der Waals surface area contributed by atoms with E-state index in [2.05, 4.69) is 49.7 Å². The fourth-order valence-corrected chi connectivity index (χ4v) is 3.20. The standard InChI is InChI=1S/C14H30N2S/c1-5-17-10-7-13(4)16-9-6-8-15-14(11-16)12(2)3/h12-15H,5-11H2,1-4H3. The van der Waals surface area contributed by atoms with Crippen LogP contribution in [0, 0.1) is 5.92 Å². The van der Waals surface area contributed by atoms with E-state index in [4.69, 9.17) is 0 Å². The zero-order valence-electron chi connectivity index (χ0n) is 12.0. The van der Waals surface area contributed by atoms with Gasteiger partial charge < -0.3 is 5.32 Å². The van der Waals surface area contributed by atoms with E-state index in [1.54, 1.807) is 0 Å². The summed E-state index contributed by atoms with van der Waals surface area (Å²) in [4.78, 5) is 2.70. The maximum atomic E-state index is 3.69. The molecule has 0 aromatic rings. The van der Waals surface area contributed by atoms with Crippen molar-refractivity contribution in [3.63, 3.8) is 0 Å². The number of hydrogen-bond donors (Lipinski definition) is 1. The van der Waals surface area contributed by atoms with Crippen molar-refractivity contribution in [2.24, 2.45) is 5.92 Å². The van der Waals surface area contributed by atoms with Crippen molar-refractivity contribution in [2.75, 3.05) is 31.1 Å².